The molecule has 1 saturated heterocycles. The van der Waals surface area contributed by atoms with E-state index in [-0.39, 0.29) is 30.0 Å². The summed E-state index contributed by atoms with van der Waals surface area (Å²) in [5, 5.41) is 13.3. The first-order valence-electron chi connectivity index (χ1n) is 6.60. The van der Waals surface area contributed by atoms with E-state index in [0.29, 0.717) is 5.52 Å². The van der Waals surface area contributed by atoms with Crippen molar-refractivity contribution in [1.29, 1.82) is 0 Å². The summed E-state index contributed by atoms with van der Waals surface area (Å²) < 4.78 is 2.36. The van der Waals surface area contributed by atoms with Gasteiger partial charge in [-0.3, -0.25) is 34.2 Å². The van der Waals surface area contributed by atoms with Crippen molar-refractivity contribution in [1.82, 2.24) is 14.5 Å². The van der Waals surface area contributed by atoms with Crippen molar-refractivity contribution < 1.29 is 14.5 Å². The topological polar surface area (TPSA) is 116 Å². The lowest BCUT2D eigenvalue weighted by Crippen LogP contribution is -2.44. The normalized spacial score (nSPS) is 18.5. The van der Waals surface area contributed by atoms with Crippen molar-refractivity contribution in [3.05, 3.63) is 38.8 Å². The molecule has 0 spiro atoms. The second kappa shape index (κ2) is 4.79. The number of imide groups is 1. The van der Waals surface area contributed by atoms with Gasteiger partial charge in [0.1, 0.15) is 11.6 Å². The Hall–Kier alpha value is -2.97. The summed E-state index contributed by atoms with van der Waals surface area (Å²) in [6, 6.07) is 3.46. The van der Waals surface area contributed by atoms with Crippen LogP contribution in [0.5, 0.6) is 0 Å². The van der Waals surface area contributed by atoms with E-state index in [1.165, 1.54) is 23.7 Å². The Kier molecular flexibility index (Phi) is 3.05. The van der Waals surface area contributed by atoms with Crippen molar-refractivity contribution in [2.45, 2.75) is 18.9 Å². The summed E-state index contributed by atoms with van der Waals surface area (Å²) >= 11 is 0. The van der Waals surface area contributed by atoms with Crippen LogP contribution in [-0.2, 0) is 16.6 Å². The number of benzene rings is 1. The minimum absolute atomic E-state index is 0.119. The third-order valence-electron chi connectivity index (χ3n) is 3.80. The molecule has 1 unspecified atom stereocenters. The van der Waals surface area contributed by atoms with Gasteiger partial charge in [-0.15, -0.1) is 0 Å². The maximum Gasteiger partial charge on any atom is 0.329 e. The van der Waals surface area contributed by atoms with Crippen LogP contribution in [0.1, 0.15) is 18.9 Å². The molecule has 1 N–H and O–H groups in total. The quantitative estimate of drug-likeness (QED) is 0.484. The third-order valence-corrected chi connectivity index (χ3v) is 3.80. The van der Waals surface area contributed by atoms with E-state index in [9.17, 15) is 24.5 Å². The average Bonchev–Trinajstić information content (AvgIpc) is 2.72. The van der Waals surface area contributed by atoms with E-state index < -0.39 is 22.6 Å². The van der Waals surface area contributed by atoms with Gasteiger partial charge in [0.15, 0.2) is 0 Å². The number of aryl methyl sites for hydroxylation is 1. The molecule has 2 aromatic rings. The first kappa shape index (κ1) is 14.0. The van der Waals surface area contributed by atoms with Crippen LogP contribution < -0.4 is 11.0 Å². The predicted octanol–water partition coefficient (Wildman–Crippen LogP) is 0.226. The van der Waals surface area contributed by atoms with Crippen LogP contribution in [0.2, 0.25) is 0 Å². The molecule has 114 valence electrons. The maximum absolute atomic E-state index is 12.4. The van der Waals surface area contributed by atoms with Crippen molar-refractivity contribution in [3.63, 3.8) is 0 Å². The molecule has 3 rings (SSSR count). The molecule has 1 aliphatic rings. The van der Waals surface area contributed by atoms with Gasteiger partial charge in [0, 0.05) is 19.5 Å². The number of para-hydroxylation sites is 1. The molecule has 0 saturated carbocycles. The third kappa shape index (κ3) is 1.90. The molecule has 1 fully saturated rings. The fourth-order valence-corrected chi connectivity index (χ4v) is 2.79. The fourth-order valence-electron chi connectivity index (χ4n) is 2.79. The molecule has 0 aliphatic carbocycles. The van der Waals surface area contributed by atoms with Gasteiger partial charge in [-0.2, -0.15) is 0 Å². The van der Waals surface area contributed by atoms with Gasteiger partial charge < -0.3 is 0 Å². The van der Waals surface area contributed by atoms with E-state index in [1.807, 2.05) is 0 Å². The molecule has 9 heteroatoms. The summed E-state index contributed by atoms with van der Waals surface area (Å²) in [6.45, 7) is 0. The number of imidazole rings is 1. The van der Waals surface area contributed by atoms with Crippen LogP contribution in [-0.4, -0.2) is 25.9 Å². The zero-order chi connectivity index (χ0) is 16.0. The molecular weight excluding hydrogens is 292 g/mol. The number of nitro groups is 1. The summed E-state index contributed by atoms with van der Waals surface area (Å²) in [7, 11) is 1.42. The van der Waals surface area contributed by atoms with Crippen LogP contribution in [0.15, 0.2) is 23.0 Å². The smallest absolute Gasteiger partial charge is 0.295 e. The lowest BCUT2D eigenvalue weighted by Gasteiger charge is -2.21. The molecule has 2 amide bonds. The number of carbonyl (C=O) groups is 2. The largest absolute Gasteiger partial charge is 0.329 e. The zero-order valence-electron chi connectivity index (χ0n) is 11.6. The van der Waals surface area contributed by atoms with E-state index >= 15 is 0 Å². The SMILES string of the molecule is Cn1c(=O)n(C2CCC(=O)NC2=O)c2cccc([N+](=O)[O-])c21. The van der Waals surface area contributed by atoms with Crippen LogP contribution in [0.25, 0.3) is 11.0 Å². The van der Waals surface area contributed by atoms with Crippen molar-refractivity contribution in [2.75, 3.05) is 0 Å². The number of hydrogen-bond donors (Lipinski definition) is 1. The van der Waals surface area contributed by atoms with Crippen LogP contribution in [0.3, 0.4) is 0 Å². The number of piperidine rings is 1. The highest BCUT2D eigenvalue weighted by molar-refractivity contribution is 6.00. The fraction of sp³-hybridized carbons (Fsp3) is 0.308. The van der Waals surface area contributed by atoms with Gasteiger partial charge in [0.25, 0.3) is 5.69 Å². The molecule has 1 aliphatic heterocycles. The molecule has 1 aromatic heterocycles. The maximum atomic E-state index is 12.4. The Morgan fingerprint density at radius 2 is 2.05 bits per heavy atom. The van der Waals surface area contributed by atoms with Crippen molar-refractivity contribution in [3.8, 4) is 0 Å². The number of carbonyl (C=O) groups excluding carboxylic acids is 2. The monoisotopic (exact) mass is 304 g/mol. The predicted molar refractivity (Wildman–Crippen MR) is 75.3 cm³/mol. The number of amides is 2. The Labute approximate surface area is 123 Å². The molecule has 0 bridgehead atoms. The van der Waals surface area contributed by atoms with E-state index in [1.54, 1.807) is 6.07 Å². The van der Waals surface area contributed by atoms with Crippen LogP contribution in [0, 0.1) is 10.1 Å². The lowest BCUT2D eigenvalue weighted by molar-refractivity contribution is -0.383. The van der Waals surface area contributed by atoms with Gasteiger partial charge in [0.2, 0.25) is 11.8 Å². The average molecular weight is 304 g/mol. The van der Waals surface area contributed by atoms with Crippen molar-refractivity contribution >= 4 is 28.5 Å². The number of fused-ring (bicyclic) bond motifs is 1. The summed E-state index contributed by atoms with van der Waals surface area (Å²) in [5.74, 6) is -0.960. The highest BCUT2D eigenvalue weighted by atomic mass is 16.6. The first-order chi connectivity index (χ1) is 10.4. The van der Waals surface area contributed by atoms with Gasteiger partial charge in [-0.25, -0.2) is 4.79 Å². The second-order valence-electron chi connectivity index (χ2n) is 5.08. The number of hydrogen-bond acceptors (Lipinski definition) is 5. The minimum Gasteiger partial charge on any atom is -0.295 e. The Morgan fingerprint density at radius 3 is 2.68 bits per heavy atom. The number of non-ortho nitro benzene ring substituents is 1. The first-order valence-corrected chi connectivity index (χ1v) is 6.60. The van der Waals surface area contributed by atoms with Crippen LogP contribution >= 0.6 is 0 Å². The molecule has 9 nitrogen and oxygen atoms in total. The lowest BCUT2D eigenvalue weighted by atomic mass is 10.1. The summed E-state index contributed by atoms with van der Waals surface area (Å²) in [4.78, 5) is 46.2. The molecule has 1 atom stereocenters. The highest BCUT2D eigenvalue weighted by Crippen LogP contribution is 2.28. The Bertz CT molecular complexity index is 878. The number of nitrogens with one attached hydrogen (secondary N) is 1. The molecule has 2 heterocycles. The van der Waals surface area contributed by atoms with E-state index in [2.05, 4.69) is 5.32 Å². The Balaban J connectivity index is 2.28. The Morgan fingerprint density at radius 1 is 1.32 bits per heavy atom. The number of rotatable bonds is 2. The summed E-state index contributed by atoms with van der Waals surface area (Å²) in [5.41, 5.74) is -0.277. The number of nitro benzene ring substituents is 1. The van der Waals surface area contributed by atoms with Gasteiger partial charge in [-0.05, 0) is 12.5 Å². The molecule has 0 radical (unpaired) electrons. The van der Waals surface area contributed by atoms with Gasteiger partial charge in [-0.1, -0.05) is 6.07 Å². The standard InChI is InChI=1S/C13H12N4O5/c1-15-11-7(3-2-4-8(11)17(21)22)16(13(15)20)9-5-6-10(18)14-12(9)19/h2-4,9H,5-6H2,1H3,(H,14,18,19). The molecule has 1 aromatic carbocycles. The van der Waals surface area contributed by atoms with E-state index in [0.717, 1.165) is 4.57 Å². The highest BCUT2D eigenvalue weighted by Gasteiger charge is 2.32. The van der Waals surface area contributed by atoms with Crippen molar-refractivity contribution in [2.24, 2.45) is 7.05 Å². The number of nitrogens with zero attached hydrogens (tertiary/aromatic N) is 3. The van der Waals surface area contributed by atoms with E-state index in [4.69, 9.17) is 0 Å². The van der Waals surface area contributed by atoms with Gasteiger partial charge >= 0.3 is 5.69 Å². The van der Waals surface area contributed by atoms with Gasteiger partial charge in [0.05, 0.1) is 10.4 Å². The molecule has 22 heavy (non-hydrogen) atoms. The summed E-state index contributed by atoms with van der Waals surface area (Å²) in [6.07, 6.45) is 0.306. The molecular formula is C13H12N4O5. The van der Waals surface area contributed by atoms with Crippen LogP contribution in [0.4, 0.5) is 5.69 Å². The minimum atomic E-state index is -0.851. The number of aromatic nitrogens is 2. The zero-order valence-corrected chi connectivity index (χ0v) is 11.6. The second-order valence-corrected chi connectivity index (χ2v) is 5.08.